The van der Waals surface area contributed by atoms with Gasteiger partial charge in [0.1, 0.15) is 5.75 Å². The van der Waals surface area contributed by atoms with Gasteiger partial charge in [-0.25, -0.2) is 18.4 Å². The number of rotatable bonds is 4. The van der Waals surface area contributed by atoms with Crippen LogP contribution in [0.3, 0.4) is 0 Å². The zero-order valence-corrected chi connectivity index (χ0v) is 12.7. The molecule has 1 aliphatic rings. The molecule has 0 aromatic heterocycles. The fourth-order valence-electron chi connectivity index (χ4n) is 2.49. The van der Waals surface area contributed by atoms with E-state index in [0.717, 1.165) is 0 Å². The van der Waals surface area contributed by atoms with Crippen molar-refractivity contribution in [1.29, 1.82) is 0 Å². The van der Waals surface area contributed by atoms with Gasteiger partial charge in [0.25, 0.3) is 0 Å². The summed E-state index contributed by atoms with van der Waals surface area (Å²) in [6.07, 6.45) is 0.0257. The topological polar surface area (TPSA) is 127 Å². The van der Waals surface area contributed by atoms with Crippen LogP contribution in [-0.2, 0) is 19.6 Å². The van der Waals surface area contributed by atoms with E-state index in [4.69, 9.17) is 5.14 Å². The number of aromatic hydroxyl groups is 1. The molecular formula is C13H16N2O6S. The average molecular weight is 328 g/mol. The summed E-state index contributed by atoms with van der Waals surface area (Å²) in [7, 11) is -2.50. The summed E-state index contributed by atoms with van der Waals surface area (Å²) in [5.74, 6) is -1.90. The van der Waals surface area contributed by atoms with Crippen LogP contribution in [0.4, 0.5) is 5.69 Å². The molecule has 1 aromatic rings. The molecule has 1 atom stereocenters. The van der Waals surface area contributed by atoms with Gasteiger partial charge in [0.2, 0.25) is 15.9 Å². The smallest absolute Gasteiger partial charge is 0.340 e. The molecule has 120 valence electrons. The molecule has 3 N–H and O–H groups in total. The first-order chi connectivity index (χ1) is 10.2. The number of carbonyl (C=O) groups excluding carboxylic acids is 2. The van der Waals surface area contributed by atoms with Gasteiger partial charge in [-0.3, -0.25) is 4.79 Å². The summed E-state index contributed by atoms with van der Waals surface area (Å²) < 4.78 is 26.9. The van der Waals surface area contributed by atoms with Gasteiger partial charge in [0.05, 0.1) is 24.1 Å². The van der Waals surface area contributed by atoms with Crippen LogP contribution in [0.15, 0.2) is 18.2 Å². The van der Waals surface area contributed by atoms with Crippen molar-refractivity contribution in [3.63, 3.8) is 0 Å². The molecule has 1 aliphatic heterocycles. The summed E-state index contributed by atoms with van der Waals surface area (Å²) in [6, 6.07) is 3.95. The Labute approximate surface area is 127 Å². The Hall–Kier alpha value is -2.13. The summed E-state index contributed by atoms with van der Waals surface area (Å²) in [6.45, 7) is 0.129. The lowest BCUT2D eigenvalue weighted by molar-refractivity contribution is -0.117. The Bertz CT molecular complexity index is 715. The minimum atomic E-state index is -3.68. The third-order valence-electron chi connectivity index (χ3n) is 3.35. The van der Waals surface area contributed by atoms with E-state index in [0.29, 0.717) is 0 Å². The molecule has 1 heterocycles. The van der Waals surface area contributed by atoms with Crippen LogP contribution in [0.2, 0.25) is 0 Å². The first-order valence-corrected chi connectivity index (χ1v) is 8.15. The lowest BCUT2D eigenvalue weighted by Gasteiger charge is -2.19. The third-order valence-corrected chi connectivity index (χ3v) is 4.29. The first kappa shape index (κ1) is 16.2. The SMILES string of the molecule is COC(=O)c1cc(O)ccc1N1CC(CS(N)(=O)=O)CC1=O. The number of hydrogen-bond donors (Lipinski definition) is 2. The lowest BCUT2D eigenvalue weighted by atomic mass is 10.1. The number of nitrogens with two attached hydrogens (primary N) is 1. The van der Waals surface area contributed by atoms with E-state index in [1.807, 2.05) is 0 Å². The molecule has 2 rings (SSSR count). The van der Waals surface area contributed by atoms with Crippen LogP contribution in [0.25, 0.3) is 0 Å². The number of esters is 1. The van der Waals surface area contributed by atoms with Crippen LogP contribution < -0.4 is 10.0 Å². The Morgan fingerprint density at radius 1 is 1.50 bits per heavy atom. The summed E-state index contributed by atoms with van der Waals surface area (Å²) in [5, 5.41) is 14.5. The van der Waals surface area contributed by atoms with Gasteiger partial charge in [-0.1, -0.05) is 0 Å². The minimum absolute atomic E-state index is 0.0257. The number of amides is 1. The number of sulfonamides is 1. The fraction of sp³-hybridized carbons (Fsp3) is 0.385. The highest BCUT2D eigenvalue weighted by Gasteiger charge is 2.34. The van der Waals surface area contributed by atoms with Crippen LogP contribution in [0.1, 0.15) is 16.8 Å². The van der Waals surface area contributed by atoms with Gasteiger partial charge >= 0.3 is 5.97 Å². The lowest BCUT2D eigenvalue weighted by Crippen LogP contribution is -2.28. The number of carbonyl (C=O) groups is 2. The number of hydrogen-bond acceptors (Lipinski definition) is 6. The highest BCUT2D eigenvalue weighted by atomic mass is 32.2. The molecular weight excluding hydrogens is 312 g/mol. The van der Waals surface area contributed by atoms with Crippen LogP contribution >= 0.6 is 0 Å². The molecule has 1 unspecified atom stereocenters. The highest BCUT2D eigenvalue weighted by Crippen LogP contribution is 2.31. The van der Waals surface area contributed by atoms with E-state index in [1.165, 1.54) is 30.2 Å². The summed E-state index contributed by atoms with van der Waals surface area (Å²) >= 11 is 0. The van der Waals surface area contributed by atoms with E-state index >= 15 is 0 Å². The van der Waals surface area contributed by atoms with Crippen molar-refractivity contribution in [2.24, 2.45) is 11.1 Å². The predicted octanol–water partition coefficient (Wildman–Crippen LogP) is -0.180. The van der Waals surface area contributed by atoms with Crippen molar-refractivity contribution >= 4 is 27.6 Å². The summed E-state index contributed by atoms with van der Waals surface area (Å²) in [5.41, 5.74) is 0.304. The molecule has 0 aliphatic carbocycles. The number of methoxy groups -OCH3 is 1. The number of anilines is 1. The van der Waals surface area contributed by atoms with Gasteiger partial charge in [-0.15, -0.1) is 0 Å². The Morgan fingerprint density at radius 2 is 2.18 bits per heavy atom. The van der Waals surface area contributed by atoms with Gasteiger partial charge in [0, 0.05) is 18.9 Å². The molecule has 1 aromatic carbocycles. The molecule has 1 amide bonds. The van der Waals surface area contributed by atoms with Crippen molar-refractivity contribution in [1.82, 2.24) is 0 Å². The highest BCUT2D eigenvalue weighted by molar-refractivity contribution is 7.89. The number of phenols is 1. The quantitative estimate of drug-likeness (QED) is 0.738. The zero-order valence-electron chi connectivity index (χ0n) is 11.9. The molecule has 0 spiro atoms. The zero-order chi connectivity index (χ0) is 16.5. The Balaban J connectivity index is 2.32. The standard InChI is InChI=1S/C13H16N2O6S/c1-21-13(18)10-5-9(16)2-3-11(10)15-6-8(4-12(15)17)7-22(14,19)20/h2-3,5,8,16H,4,6-7H2,1H3,(H2,14,19,20). The van der Waals surface area contributed by atoms with E-state index < -0.39 is 21.9 Å². The molecule has 22 heavy (non-hydrogen) atoms. The molecule has 1 saturated heterocycles. The second kappa shape index (κ2) is 5.93. The maximum atomic E-state index is 12.1. The number of nitrogens with zero attached hydrogens (tertiary/aromatic N) is 1. The first-order valence-electron chi connectivity index (χ1n) is 6.43. The van der Waals surface area contributed by atoms with Crippen molar-refractivity contribution in [3.05, 3.63) is 23.8 Å². The number of ether oxygens (including phenoxy) is 1. The van der Waals surface area contributed by atoms with E-state index in [9.17, 15) is 23.1 Å². The molecule has 9 heteroatoms. The molecule has 8 nitrogen and oxygen atoms in total. The maximum absolute atomic E-state index is 12.1. The largest absolute Gasteiger partial charge is 0.508 e. The van der Waals surface area contributed by atoms with Crippen molar-refractivity contribution < 1.29 is 27.9 Å². The molecule has 0 radical (unpaired) electrons. The third kappa shape index (κ3) is 3.55. The van der Waals surface area contributed by atoms with E-state index in [-0.39, 0.29) is 41.6 Å². The van der Waals surface area contributed by atoms with Gasteiger partial charge in [-0.2, -0.15) is 0 Å². The minimum Gasteiger partial charge on any atom is -0.508 e. The van der Waals surface area contributed by atoms with Crippen molar-refractivity contribution in [3.8, 4) is 5.75 Å². The molecule has 1 fully saturated rings. The second-order valence-electron chi connectivity index (χ2n) is 5.10. The van der Waals surface area contributed by atoms with Gasteiger partial charge in [-0.05, 0) is 18.2 Å². The fourth-order valence-corrected chi connectivity index (χ4v) is 3.37. The summed E-state index contributed by atoms with van der Waals surface area (Å²) in [4.78, 5) is 25.2. The average Bonchev–Trinajstić information content (AvgIpc) is 2.76. The maximum Gasteiger partial charge on any atom is 0.340 e. The van der Waals surface area contributed by atoms with Crippen LogP contribution in [0, 0.1) is 5.92 Å². The van der Waals surface area contributed by atoms with Crippen molar-refractivity contribution in [2.75, 3.05) is 24.3 Å². The Morgan fingerprint density at radius 3 is 2.77 bits per heavy atom. The predicted molar refractivity (Wildman–Crippen MR) is 77.9 cm³/mol. The van der Waals surface area contributed by atoms with Gasteiger partial charge < -0.3 is 14.7 Å². The van der Waals surface area contributed by atoms with E-state index in [1.54, 1.807) is 0 Å². The second-order valence-corrected chi connectivity index (χ2v) is 6.76. The monoisotopic (exact) mass is 328 g/mol. The van der Waals surface area contributed by atoms with Crippen molar-refractivity contribution in [2.45, 2.75) is 6.42 Å². The molecule has 0 saturated carbocycles. The number of phenolic OH excluding ortho intramolecular Hbond substituents is 1. The van der Waals surface area contributed by atoms with Crippen LogP contribution in [-0.4, -0.2) is 44.8 Å². The number of primary sulfonamides is 1. The normalized spacial score (nSPS) is 18.5. The van der Waals surface area contributed by atoms with E-state index in [2.05, 4.69) is 4.74 Å². The van der Waals surface area contributed by atoms with Crippen LogP contribution in [0.5, 0.6) is 5.75 Å². The molecule has 0 bridgehead atoms. The Kier molecular flexibility index (Phi) is 4.38. The van der Waals surface area contributed by atoms with Gasteiger partial charge in [0.15, 0.2) is 0 Å². The number of benzene rings is 1.